The topological polar surface area (TPSA) is 79.5 Å². The monoisotopic (exact) mass is 348 g/mol. The normalized spacial score (nSPS) is 17.2. The fourth-order valence-electron chi connectivity index (χ4n) is 2.22. The Morgan fingerprint density at radius 3 is 2.58 bits per heavy atom. The van der Waals surface area contributed by atoms with Crippen molar-refractivity contribution in [2.24, 2.45) is 10.7 Å². The van der Waals surface area contributed by atoms with Crippen LogP contribution in [0.15, 0.2) is 95.3 Å². The summed E-state index contributed by atoms with van der Waals surface area (Å²) in [6.07, 6.45) is 6.64. The predicted octanol–water partition coefficient (Wildman–Crippen LogP) is 3.43. The summed E-state index contributed by atoms with van der Waals surface area (Å²) in [6, 6.07) is 9.22. The highest BCUT2D eigenvalue weighted by molar-refractivity contribution is 6.12. The van der Waals surface area contributed by atoms with Gasteiger partial charge in [0.15, 0.2) is 0 Å². The van der Waals surface area contributed by atoms with Gasteiger partial charge in [-0.3, -0.25) is 4.79 Å². The van der Waals surface area contributed by atoms with E-state index in [2.05, 4.69) is 28.8 Å². The molecule has 0 saturated heterocycles. The summed E-state index contributed by atoms with van der Waals surface area (Å²) in [4.78, 5) is 16.9. The van der Waals surface area contributed by atoms with Crippen LogP contribution in [0.4, 0.5) is 5.69 Å². The highest BCUT2D eigenvalue weighted by Crippen LogP contribution is 2.15. The van der Waals surface area contributed by atoms with E-state index in [0.717, 1.165) is 16.7 Å². The molecular formula is C21H24N4O. The molecule has 1 aliphatic rings. The standard InChI is InChI=1S/C21H24N4O/c1-5-16(12-11-15(4)14(2)3)19-20(22)23-13-18(25-19)21(26)24-17-9-7-6-8-10-17/h5-13,20,23H,2,4,22H2,1,3H3,(H,24,26)/b12-11-,16-5+. The first-order valence-electron chi connectivity index (χ1n) is 8.28. The van der Waals surface area contributed by atoms with Crippen LogP contribution in [-0.4, -0.2) is 17.8 Å². The number of rotatable bonds is 6. The van der Waals surface area contributed by atoms with E-state index in [0.29, 0.717) is 11.4 Å². The van der Waals surface area contributed by atoms with Crippen LogP contribution in [-0.2, 0) is 4.79 Å². The molecule has 1 aromatic carbocycles. The Kier molecular flexibility index (Phi) is 6.47. The summed E-state index contributed by atoms with van der Waals surface area (Å²) >= 11 is 0. The highest BCUT2D eigenvalue weighted by Gasteiger charge is 2.21. The lowest BCUT2D eigenvalue weighted by atomic mass is 10.0. The Balaban J connectivity index is 2.21. The van der Waals surface area contributed by atoms with Crippen molar-refractivity contribution in [1.82, 2.24) is 5.32 Å². The smallest absolute Gasteiger partial charge is 0.275 e. The van der Waals surface area contributed by atoms with Crippen LogP contribution < -0.4 is 16.4 Å². The second kappa shape index (κ2) is 8.78. The van der Waals surface area contributed by atoms with Crippen LogP contribution >= 0.6 is 0 Å². The number of allylic oxidation sites excluding steroid dienone is 5. The zero-order valence-electron chi connectivity index (χ0n) is 15.1. The second-order valence-electron chi connectivity index (χ2n) is 5.87. The summed E-state index contributed by atoms with van der Waals surface area (Å²) in [5.74, 6) is -0.307. The number of nitrogens with zero attached hydrogens (tertiary/aromatic N) is 1. The predicted molar refractivity (Wildman–Crippen MR) is 109 cm³/mol. The van der Waals surface area contributed by atoms with Crippen LogP contribution in [0.2, 0.25) is 0 Å². The number of carbonyl (C=O) groups is 1. The Morgan fingerprint density at radius 1 is 1.27 bits per heavy atom. The zero-order chi connectivity index (χ0) is 19.1. The van der Waals surface area contributed by atoms with Gasteiger partial charge in [-0.05, 0) is 37.1 Å². The summed E-state index contributed by atoms with van der Waals surface area (Å²) in [7, 11) is 0. The Bertz CT molecular complexity index is 829. The van der Waals surface area contributed by atoms with E-state index < -0.39 is 6.17 Å². The van der Waals surface area contributed by atoms with E-state index in [4.69, 9.17) is 5.73 Å². The first-order chi connectivity index (χ1) is 12.4. The lowest BCUT2D eigenvalue weighted by Crippen LogP contribution is -2.45. The molecule has 1 atom stereocenters. The fraction of sp³-hybridized carbons (Fsp3) is 0.143. The van der Waals surface area contributed by atoms with Gasteiger partial charge in [0.05, 0.1) is 5.71 Å². The Morgan fingerprint density at radius 2 is 1.96 bits per heavy atom. The van der Waals surface area contributed by atoms with Crippen LogP contribution in [0.1, 0.15) is 13.8 Å². The van der Waals surface area contributed by atoms with E-state index in [1.165, 1.54) is 6.20 Å². The first-order valence-corrected chi connectivity index (χ1v) is 8.28. The van der Waals surface area contributed by atoms with Crippen molar-refractivity contribution < 1.29 is 4.79 Å². The van der Waals surface area contributed by atoms with Crippen LogP contribution in [0.3, 0.4) is 0 Å². The van der Waals surface area contributed by atoms with Gasteiger partial charge in [-0.15, -0.1) is 0 Å². The van der Waals surface area contributed by atoms with Crippen molar-refractivity contribution in [3.63, 3.8) is 0 Å². The van der Waals surface area contributed by atoms with Gasteiger partial charge in [0.25, 0.3) is 5.91 Å². The number of amides is 1. The molecule has 0 spiro atoms. The molecule has 1 amide bonds. The maximum absolute atomic E-state index is 12.5. The molecular weight excluding hydrogens is 324 g/mol. The van der Waals surface area contributed by atoms with Gasteiger partial charge in [-0.25, -0.2) is 4.99 Å². The molecule has 134 valence electrons. The quantitative estimate of drug-likeness (QED) is 0.689. The molecule has 1 heterocycles. The van der Waals surface area contributed by atoms with E-state index >= 15 is 0 Å². The maximum atomic E-state index is 12.5. The number of benzene rings is 1. The van der Waals surface area contributed by atoms with Crippen molar-refractivity contribution in [2.75, 3.05) is 5.32 Å². The molecule has 0 aliphatic carbocycles. The SMILES string of the molecule is C=C(C)C(=C)/C=C\C(=C/C)C1=NC(C(=O)Nc2ccccc2)=CNC1N. The number of anilines is 1. The number of para-hydroxylation sites is 1. The van der Waals surface area contributed by atoms with Crippen molar-refractivity contribution in [3.05, 3.63) is 90.3 Å². The molecule has 2 rings (SSSR count). The van der Waals surface area contributed by atoms with Crippen LogP contribution in [0.25, 0.3) is 0 Å². The molecule has 0 fully saturated rings. The van der Waals surface area contributed by atoms with Crippen molar-refractivity contribution in [2.45, 2.75) is 20.0 Å². The average Bonchev–Trinajstić information content (AvgIpc) is 2.63. The molecule has 0 saturated carbocycles. The molecule has 1 aromatic rings. The summed E-state index contributed by atoms with van der Waals surface area (Å²) < 4.78 is 0. The first kappa shape index (κ1) is 19.1. The molecule has 0 bridgehead atoms. The molecule has 0 radical (unpaired) electrons. The molecule has 1 aliphatic heterocycles. The number of hydrogen-bond acceptors (Lipinski definition) is 4. The number of nitrogens with two attached hydrogens (primary N) is 1. The van der Waals surface area contributed by atoms with Gasteiger partial charge >= 0.3 is 0 Å². The van der Waals surface area contributed by atoms with Gasteiger partial charge in [-0.2, -0.15) is 0 Å². The van der Waals surface area contributed by atoms with E-state index in [-0.39, 0.29) is 11.6 Å². The fourth-order valence-corrected chi connectivity index (χ4v) is 2.22. The number of nitrogens with one attached hydrogen (secondary N) is 2. The molecule has 5 nitrogen and oxygen atoms in total. The van der Waals surface area contributed by atoms with Crippen LogP contribution in [0.5, 0.6) is 0 Å². The third-order valence-corrected chi connectivity index (χ3v) is 3.82. The van der Waals surface area contributed by atoms with Gasteiger partial charge in [-0.1, -0.05) is 55.2 Å². The zero-order valence-corrected chi connectivity index (χ0v) is 15.1. The lowest BCUT2D eigenvalue weighted by molar-refractivity contribution is -0.112. The Hall–Kier alpha value is -3.18. The molecule has 5 heteroatoms. The van der Waals surface area contributed by atoms with E-state index in [9.17, 15) is 4.79 Å². The summed E-state index contributed by atoms with van der Waals surface area (Å²) in [5, 5.41) is 5.79. The Labute approximate surface area is 154 Å². The number of aliphatic imine (C=N–C) groups is 1. The summed E-state index contributed by atoms with van der Waals surface area (Å²) in [5.41, 5.74) is 10.2. The van der Waals surface area contributed by atoms with Crippen molar-refractivity contribution >= 4 is 17.3 Å². The van der Waals surface area contributed by atoms with Gasteiger partial charge < -0.3 is 16.4 Å². The highest BCUT2D eigenvalue weighted by atomic mass is 16.2. The van der Waals surface area contributed by atoms with Gasteiger partial charge in [0.2, 0.25) is 0 Å². The van der Waals surface area contributed by atoms with Crippen molar-refractivity contribution in [1.29, 1.82) is 0 Å². The third-order valence-electron chi connectivity index (χ3n) is 3.82. The minimum absolute atomic E-state index is 0.261. The van der Waals surface area contributed by atoms with E-state index in [1.54, 1.807) is 0 Å². The number of hydrogen-bond donors (Lipinski definition) is 3. The minimum atomic E-state index is -0.503. The summed E-state index contributed by atoms with van der Waals surface area (Å²) in [6.45, 7) is 11.6. The maximum Gasteiger partial charge on any atom is 0.275 e. The van der Waals surface area contributed by atoms with Gasteiger partial charge in [0.1, 0.15) is 11.9 Å². The molecule has 4 N–H and O–H groups in total. The minimum Gasteiger partial charge on any atom is -0.369 e. The van der Waals surface area contributed by atoms with Crippen LogP contribution in [0, 0.1) is 0 Å². The average molecular weight is 348 g/mol. The molecule has 26 heavy (non-hydrogen) atoms. The number of carbonyl (C=O) groups excluding carboxylic acids is 1. The molecule has 1 unspecified atom stereocenters. The third kappa shape index (κ3) is 4.91. The largest absolute Gasteiger partial charge is 0.369 e. The lowest BCUT2D eigenvalue weighted by Gasteiger charge is -2.21. The second-order valence-corrected chi connectivity index (χ2v) is 5.87. The molecule has 0 aromatic heterocycles. The van der Waals surface area contributed by atoms with E-state index in [1.807, 2.05) is 62.4 Å². The van der Waals surface area contributed by atoms with Gasteiger partial charge in [0, 0.05) is 11.9 Å². The van der Waals surface area contributed by atoms with Crippen molar-refractivity contribution in [3.8, 4) is 0 Å².